The summed E-state index contributed by atoms with van der Waals surface area (Å²) < 4.78 is 43.4. The summed E-state index contributed by atoms with van der Waals surface area (Å²) in [7, 11) is 1.94. The smallest absolute Gasteiger partial charge is 0.244 e. The zero-order valence-electron chi connectivity index (χ0n) is 30.4. The predicted molar refractivity (Wildman–Crippen MR) is 198 cm³/mol. The van der Waals surface area contributed by atoms with Gasteiger partial charge in [-0.3, -0.25) is 9.59 Å². The zero-order valence-corrected chi connectivity index (χ0v) is 33.5. The Morgan fingerprint density at radius 2 is 1.71 bits per heavy atom. The van der Waals surface area contributed by atoms with Crippen molar-refractivity contribution in [2.24, 2.45) is 5.73 Å². The Bertz CT molecular complexity index is 1880. The SMILES string of the molecule is Cc1cc(C)c2cccc(OCc3c(Cl)ccc(S(=O)(=O)NC4(C(=O)N5CCN(C(=O)C(N)CCC[N+](C)(C)C)CC5)CCOCC4)c3Cl)c2n1.[Cl-]. The fourth-order valence-corrected chi connectivity index (χ4v) is 9.01. The van der Waals surface area contributed by atoms with Crippen LogP contribution in [0.25, 0.3) is 10.9 Å². The number of carbonyl (C=O) groups is 2. The number of pyridine rings is 1. The van der Waals surface area contributed by atoms with Gasteiger partial charge in [-0.25, -0.2) is 13.4 Å². The molecule has 1 unspecified atom stereocenters. The highest BCUT2D eigenvalue weighted by molar-refractivity contribution is 7.89. The first-order valence-electron chi connectivity index (χ1n) is 17.2. The highest BCUT2D eigenvalue weighted by Crippen LogP contribution is 2.35. The largest absolute Gasteiger partial charge is 1.00 e. The summed E-state index contributed by atoms with van der Waals surface area (Å²) >= 11 is 13.3. The molecule has 2 aliphatic heterocycles. The molecule has 0 spiro atoms. The number of ether oxygens (including phenoxy) is 2. The molecular formula is C36H49Cl3N6O6S. The first-order chi connectivity index (χ1) is 24.0. The minimum atomic E-state index is -4.35. The molecule has 2 amide bonds. The number of piperazine rings is 1. The van der Waals surface area contributed by atoms with Crippen molar-refractivity contribution in [1.29, 1.82) is 0 Å². The summed E-state index contributed by atoms with van der Waals surface area (Å²) in [5.74, 6) is 0.00807. The zero-order chi connectivity index (χ0) is 37.1. The van der Waals surface area contributed by atoms with Crippen LogP contribution in [0.2, 0.25) is 10.0 Å². The van der Waals surface area contributed by atoms with E-state index in [1.807, 2.05) is 32.0 Å². The number of hydrogen-bond donors (Lipinski definition) is 2. The summed E-state index contributed by atoms with van der Waals surface area (Å²) in [6.45, 7) is 6.21. The molecule has 286 valence electrons. The van der Waals surface area contributed by atoms with Crippen molar-refractivity contribution < 1.29 is 44.4 Å². The second-order valence-corrected chi connectivity index (χ2v) is 17.0. The van der Waals surface area contributed by atoms with Gasteiger partial charge in [-0.2, -0.15) is 4.72 Å². The van der Waals surface area contributed by atoms with Crippen LogP contribution < -0.4 is 27.6 Å². The second-order valence-electron chi connectivity index (χ2n) is 14.5. The van der Waals surface area contributed by atoms with E-state index in [0.29, 0.717) is 30.8 Å². The normalized spacial score (nSPS) is 17.1. The van der Waals surface area contributed by atoms with Crippen molar-refractivity contribution in [3.8, 4) is 5.75 Å². The van der Waals surface area contributed by atoms with Gasteiger partial charge in [0.25, 0.3) is 0 Å². The molecule has 12 nitrogen and oxygen atoms in total. The molecule has 1 aromatic heterocycles. The van der Waals surface area contributed by atoms with E-state index in [1.54, 1.807) is 15.9 Å². The number of aryl methyl sites for hydroxylation is 2. The third kappa shape index (κ3) is 9.67. The Balaban J connectivity index is 0.00000605. The summed E-state index contributed by atoms with van der Waals surface area (Å²) in [5.41, 5.74) is 7.63. The first-order valence-corrected chi connectivity index (χ1v) is 19.5. The third-order valence-corrected chi connectivity index (χ3v) is 12.1. The maximum Gasteiger partial charge on any atom is 0.244 e. The first kappa shape index (κ1) is 42.0. The molecular weight excluding hydrogens is 751 g/mol. The van der Waals surface area contributed by atoms with Gasteiger partial charge in [0.05, 0.1) is 38.8 Å². The lowest BCUT2D eigenvalue weighted by Gasteiger charge is -2.43. The fraction of sp³-hybridized carbons (Fsp3) is 0.528. The maximum atomic E-state index is 14.2. The lowest BCUT2D eigenvalue weighted by molar-refractivity contribution is -0.870. The van der Waals surface area contributed by atoms with Crippen molar-refractivity contribution in [2.45, 2.75) is 62.6 Å². The lowest BCUT2D eigenvalue weighted by Crippen LogP contribution is -3.00. The Kier molecular flexibility index (Phi) is 13.9. The summed E-state index contributed by atoms with van der Waals surface area (Å²) in [6.07, 6.45) is 1.68. The quantitative estimate of drug-likeness (QED) is 0.259. The maximum absolute atomic E-state index is 14.2. The lowest BCUT2D eigenvalue weighted by atomic mass is 9.89. The highest BCUT2D eigenvalue weighted by atomic mass is 35.5. The van der Waals surface area contributed by atoms with E-state index in [1.165, 1.54) is 12.1 Å². The number of fused-ring (bicyclic) bond motifs is 1. The highest BCUT2D eigenvalue weighted by Gasteiger charge is 2.47. The van der Waals surface area contributed by atoms with Crippen molar-refractivity contribution in [1.82, 2.24) is 19.5 Å². The number of sulfonamides is 1. The van der Waals surface area contributed by atoms with Crippen LogP contribution >= 0.6 is 23.2 Å². The number of rotatable bonds is 12. The van der Waals surface area contributed by atoms with Gasteiger partial charge in [-0.15, -0.1) is 0 Å². The van der Waals surface area contributed by atoms with E-state index in [2.05, 4.69) is 30.8 Å². The van der Waals surface area contributed by atoms with Gasteiger partial charge in [0.1, 0.15) is 28.3 Å². The van der Waals surface area contributed by atoms with Gasteiger partial charge in [0, 0.05) is 61.1 Å². The van der Waals surface area contributed by atoms with Gasteiger partial charge >= 0.3 is 0 Å². The van der Waals surface area contributed by atoms with E-state index < -0.39 is 21.6 Å². The monoisotopic (exact) mass is 798 g/mol. The van der Waals surface area contributed by atoms with Crippen LogP contribution in [0.3, 0.4) is 0 Å². The molecule has 0 saturated carbocycles. The number of benzene rings is 2. The van der Waals surface area contributed by atoms with E-state index in [9.17, 15) is 18.0 Å². The Hall–Kier alpha value is -2.75. The van der Waals surface area contributed by atoms with Crippen LogP contribution in [0.15, 0.2) is 41.3 Å². The van der Waals surface area contributed by atoms with Gasteiger partial charge < -0.3 is 41.9 Å². The molecule has 2 fully saturated rings. The number of halogens is 3. The topological polar surface area (TPSA) is 144 Å². The van der Waals surface area contributed by atoms with Crippen LogP contribution in [0.4, 0.5) is 0 Å². The molecule has 1 atom stereocenters. The predicted octanol–water partition coefficient (Wildman–Crippen LogP) is 1.05. The molecule has 2 aromatic carbocycles. The molecule has 3 aromatic rings. The molecule has 0 radical (unpaired) electrons. The molecule has 0 aliphatic carbocycles. The third-order valence-electron chi connectivity index (χ3n) is 9.57. The van der Waals surface area contributed by atoms with Crippen molar-refractivity contribution >= 4 is 55.9 Å². The summed E-state index contributed by atoms with van der Waals surface area (Å²) in [4.78, 5) is 35.0. The minimum absolute atomic E-state index is 0. The number of carbonyl (C=O) groups excluding carboxylic acids is 2. The van der Waals surface area contributed by atoms with Crippen molar-refractivity contribution in [2.75, 3.05) is 67.1 Å². The Labute approximate surface area is 322 Å². The van der Waals surface area contributed by atoms with Crippen molar-refractivity contribution in [3.05, 3.63) is 63.3 Å². The number of hydrogen-bond acceptors (Lipinski definition) is 8. The van der Waals surface area contributed by atoms with Gasteiger partial charge in [0.2, 0.25) is 21.8 Å². The minimum Gasteiger partial charge on any atom is -1.00 e. The number of nitrogens with zero attached hydrogens (tertiary/aromatic N) is 4. The molecule has 16 heteroatoms. The number of quaternary nitrogens is 1. The molecule has 0 bridgehead atoms. The van der Waals surface area contributed by atoms with Crippen LogP contribution in [-0.2, 0) is 31.0 Å². The molecule has 5 rings (SSSR count). The number of aromatic nitrogens is 1. The van der Waals surface area contributed by atoms with E-state index >= 15 is 0 Å². The second kappa shape index (κ2) is 17.2. The fourth-order valence-electron chi connectivity index (χ4n) is 6.71. The van der Waals surface area contributed by atoms with E-state index in [0.717, 1.165) is 34.1 Å². The number of nitrogens with one attached hydrogen (secondary N) is 1. The van der Waals surface area contributed by atoms with Crippen molar-refractivity contribution in [3.63, 3.8) is 0 Å². The van der Waals surface area contributed by atoms with Crippen LogP contribution in [0, 0.1) is 13.8 Å². The number of nitrogens with two attached hydrogens (primary N) is 1. The molecule has 2 aliphatic rings. The van der Waals surface area contributed by atoms with E-state index in [-0.39, 0.29) is 90.5 Å². The van der Waals surface area contributed by atoms with Gasteiger partial charge in [-0.05, 0) is 69.4 Å². The Morgan fingerprint density at radius 1 is 1.06 bits per heavy atom. The average Bonchev–Trinajstić information content (AvgIpc) is 3.07. The summed E-state index contributed by atoms with van der Waals surface area (Å²) in [6, 6.07) is 9.78. The van der Waals surface area contributed by atoms with E-state index in [4.69, 9.17) is 38.4 Å². The molecule has 52 heavy (non-hydrogen) atoms. The standard InChI is InChI=1S/C36H49Cl2N6O6S.ClH/c1-24-22-25(2)40-33-26(24)8-6-10-30(33)50-23-27-28(37)11-12-31(32(27)38)51(47,48)41-36(13-20-49-21-14-36)35(46)43-17-15-42(16-18-43)34(45)29(39)9-7-19-44(3,4)5;/h6,8,10-12,22,29,41H,7,9,13-21,23,39H2,1-5H3;1H/q+1;/p-1. The molecule has 2 saturated heterocycles. The molecule has 3 N–H and O–H groups in total. The van der Waals surface area contributed by atoms with Gasteiger partial charge in [0.15, 0.2) is 0 Å². The average molecular weight is 800 g/mol. The number of amides is 2. The Morgan fingerprint density at radius 3 is 2.37 bits per heavy atom. The van der Waals surface area contributed by atoms with Crippen LogP contribution in [0.1, 0.15) is 42.5 Å². The van der Waals surface area contributed by atoms with Crippen LogP contribution in [-0.4, -0.2) is 118 Å². The molecule has 3 heterocycles. The van der Waals surface area contributed by atoms with Crippen LogP contribution in [0.5, 0.6) is 5.75 Å². The van der Waals surface area contributed by atoms with Gasteiger partial charge in [-0.1, -0.05) is 35.3 Å². The summed E-state index contributed by atoms with van der Waals surface area (Å²) in [5, 5.41) is 1.07. The number of para-hydroxylation sites is 1.